The molecule has 0 heteroatoms. The van der Waals surface area contributed by atoms with Gasteiger partial charge < -0.3 is 0 Å². The van der Waals surface area contributed by atoms with Crippen LogP contribution in [-0.4, -0.2) is 0 Å². The Morgan fingerprint density at radius 3 is 2.15 bits per heavy atom. The lowest BCUT2D eigenvalue weighted by Crippen LogP contribution is -2.34. The van der Waals surface area contributed by atoms with Crippen LogP contribution in [0.5, 0.6) is 0 Å². The summed E-state index contributed by atoms with van der Waals surface area (Å²) in [4.78, 5) is 0. The van der Waals surface area contributed by atoms with Gasteiger partial charge in [0.2, 0.25) is 0 Å². The highest BCUT2D eigenvalue weighted by molar-refractivity contribution is 5.78. The fourth-order valence-electron chi connectivity index (χ4n) is 7.61. The van der Waals surface area contributed by atoms with Crippen molar-refractivity contribution in [3.05, 3.63) is 160 Å². The lowest BCUT2D eigenvalue weighted by atomic mass is 9.62. The van der Waals surface area contributed by atoms with Crippen molar-refractivity contribution in [2.75, 3.05) is 0 Å². The topological polar surface area (TPSA) is 0 Å². The first kappa shape index (κ1) is 24.2. The molecule has 4 aromatic carbocycles. The zero-order valence-electron chi connectivity index (χ0n) is 23.1. The summed E-state index contributed by atoms with van der Waals surface area (Å²) >= 11 is 0. The van der Waals surface area contributed by atoms with Crippen molar-refractivity contribution in [2.24, 2.45) is 0 Å². The molecule has 0 saturated carbocycles. The van der Waals surface area contributed by atoms with E-state index >= 15 is 0 Å². The van der Waals surface area contributed by atoms with E-state index in [1.807, 2.05) is 0 Å². The lowest BCUT2D eigenvalue weighted by molar-refractivity contribution is 0.455. The Morgan fingerprint density at radius 2 is 1.38 bits per heavy atom. The SMILES string of the molecule is Cc1cccc(-c2ccc3c(c2)C(c2ccccc2)(c2ccc(C4=CCCC=C4)cc2)C2=CCCCC23C)c1. The Morgan fingerprint density at radius 1 is 0.615 bits per heavy atom. The first-order chi connectivity index (χ1) is 19.1. The molecule has 0 spiro atoms. The maximum atomic E-state index is 2.59. The number of allylic oxidation sites excluding steroid dienone is 6. The predicted molar refractivity (Wildman–Crippen MR) is 165 cm³/mol. The maximum absolute atomic E-state index is 2.59. The predicted octanol–water partition coefficient (Wildman–Crippen LogP) is 10.1. The molecular weight excluding hydrogens is 468 g/mol. The van der Waals surface area contributed by atoms with Crippen LogP contribution in [0.3, 0.4) is 0 Å². The van der Waals surface area contributed by atoms with Crippen molar-refractivity contribution in [1.82, 2.24) is 0 Å². The number of fused-ring (bicyclic) bond motifs is 3. The molecule has 192 valence electrons. The fraction of sp³-hybridized carbons (Fsp3) is 0.231. The van der Waals surface area contributed by atoms with Crippen LogP contribution < -0.4 is 0 Å². The molecule has 0 radical (unpaired) electrons. The third kappa shape index (κ3) is 3.73. The van der Waals surface area contributed by atoms with Crippen molar-refractivity contribution >= 4 is 5.57 Å². The molecular formula is C39H36. The number of hydrogen-bond acceptors (Lipinski definition) is 0. The summed E-state index contributed by atoms with van der Waals surface area (Å²) in [6, 6.07) is 37.1. The monoisotopic (exact) mass is 504 g/mol. The number of rotatable bonds is 4. The number of aryl methyl sites for hydroxylation is 1. The molecule has 0 amide bonds. The highest BCUT2D eigenvalue weighted by atomic mass is 14.6. The Labute approximate surface area is 233 Å². The summed E-state index contributed by atoms with van der Waals surface area (Å²) in [5, 5.41) is 0. The molecule has 0 N–H and O–H groups in total. The van der Waals surface area contributed by atoms with Gasteiger partial charge in [-0.15, -0.1) is 0 Å². The largest absolute Gasteiger partial charge is 0.0836 e. The van der Waals surface area contributed by atoms with E-state index in [0.29, 0.717) is 0 Å². The first-order valence-corrected chi connectivity index (χ1v) is 14.6. The van der Waals surface area contributed by atoms with Gasteiger partial charge in [-0.2, -0.15) is 0 Å². The van der Waals surface area contributed by atoms with E-state index in [1.54, 1.807) is 5.57 Å². The summed E-state index contributed by atoms with van der Waals surface area (Å²) in [7, 11) is 0. The number of hydrogen-bond donors (Lipinski definition) is 0. The van der Waals surface area contributed by atoms with E-state index in [-0.39, 0.29) is 10.8 Å². The Hall–Kier alpha value is -3.90. The van der Waals surface area contributed by atoms with Crippen LogP contribution >= 0.6 is 0 Å². The summed E-state index contributed by atoms with van der Waals surface area (Å²) in [5.74, 6) is 0. The van der Waals surface area contributed by atoms with Crippen molar-refractivity contribution in [2.45, 2.75) is 56.8 Å². The van der Waals surface area contributed by atoms with Gasteiger partial charge in [0.15, 0.2) is 0 Å². The molecule has 3 aliphatic rings. The van der Waals surface area contributed by atoms with E-state index in [1.165, 1.54) is 62.9 Å². The van der Waals surface area contributed by atoms with Crippen LogP contribution in [-0.2, 0) is 10.8 Å². The molecule has 0 heterocycles. The minimum Gasteiger partial charge on any atom is -0.0836 e. The standard InChI is InChI=1S/C39H36/c1-28-12-11-15-31(26-28)32-21-24-35-36(27-32)39(33-16-7-4-8-17-33,37-18-9-10-25-38(35,37)2)34-22-19-30(20-23-34)29-13-5-3-6-14-29/h4-5,7-8,11-24,26-27H,3,6,9-10,25H2,1-2H3. The Balaban J connectivity index is 1.51. The van der Waals surface area contributed by atoms with Gasteiger partial charge in [-0.25, -0.2) is 0 Å². The third-order valence-electron chi connectivity index (χ3n) is 9.45. The van der Waals surface area contributed by atoms with Crippen LogP contribution in [0.25, 0.3) is 16.7 Å². The second kappa shape index (κ2) is 9.38. The summed E-state index contributed by atoms with van der Waals surface area (Å²) in [6.07, 6.45) is 15.4. The Bertz CT molecular complexity index is 1630. The van der Waals surface area contributed by atoms with Crippen LogP contribution in [0.4, 0.5) is 0 Å². The quantitative estimate of drug-likeness (QED) is 0.243. The van der Waals surface area contributed by atoms with E-state index < -0.39 is 0 Å². The van der Waals surface area contributed by atoms with Crippen LogP contribution in [0.1, 0.15) is 72.4 Å². The minimum absolute atomic E-state index is 0.0296. The van der Waals surface area contributed by atoms with Gasteiger partial charge in [-0.05, 0) is 95.2 Å². The van der Waals surface area contributed by atoms with E-state index in [2.05, 4.69) is 135 Å². The molecule has 3 aliphatic carbocycles. The number of benzene rings is 4. The van der Waals surface area contributed by atoms with Gasteiger partial charge in [0.25, 0.3) is 0 Å². The fourth-order valence-corrected chi connectivity index (χ4v) is 7.61. The summed E-state index contributed by atoms with van der Waals surface area (Å²) in [6.45, 7) is 4.68. The minimum atomic E-state index is -0.305. The van der Waals surface area contributed by atoms with E-state index in [0.717, 1.165) is 19.3 Å². The second-order valence-electron chi connectivity index (χ2n) is 11.8. The van der Waals surface area contributed by atoms with Crippen LogP contribution in [0.15, 0.2) is 127 Å². The molecule has 0 fully saturated rings. The van der Waals surface area contributed by atoms with Crippen molar-refractivity contribution < 1.29 is 0 Å². The average Bonchev–Trinajstić information content (AvgIpc) is 3.23. The molecule has 2 unspecified atom stereocenters. The zero-order chi connectivity index (χ0) is 26.5. The van der Waals surface area contributed by atoms with E-state index in [4.69, 9.17) is 0 Å². The molecule has 0 bridgehead atoms. The summed E-state index contributed by atoms with van der Waals surface area (Å²) in [5.41, 5.74) is 13.5. The second-order valence-corrected chi connectivity index (χ2v) is 11.8. The first-order valence-electron chi connectivity index (χ1n) is 14.6. The molecule has 0 aromatic heterocycles. The molecule has 4 aromatic rings. The average molecular weight is 505 g/mol. The summed E-state index contributed by atoms with van der Waals surface area (Å²) < 4.78 is 0. The Kier molecular flexibility index (Phi) is 5.81. The third-order valence-corrected chi connectivity index (χ3v) is 9.45. The van der Waals surface area contributed by atoms with E-state index in [9.17, 15) is 0 Å². The van der Waals surface area contributed by atoms with Gasteiger partial charge in [0.1, 0.15) is 0 Å². The highest BCUT2D eigenvalue weighted by Crippen LogP contribution is 2.63. The maximum Gasteiger partial charge on any atom is 0.0673 e. The zero-order valence-corrected chi connectivity index (χ0v) is 23.1. The van der Waals surface area contributed by atoms with Crippen molar-refractivity contribution in [3.8, 4) is 11.1 Å². The molecule has 0 aliphatic heterocycles. The van der Waals surface area contributed by atoms with Gasteiger partial charge in [-0.1, -0.05) is 128 Å². The van der Waals surface area contributed by atoms with Crippen molar-refractivity contribution in [3.63, 3.8) is 0 Å². The van der Waals surface area contributed by atoms with Crippen molar-refractivity contribution in [1.29, 1.82) is 0 Å². The molecule has 39 heavy (non-hydrogen) atoms. The highest BCUT2D eigenvalue weighted by Gasteiger charge is 2.56. The molecule has 7 rings (SSSR count). The lowest BCUT2D eigenvalue weighted by Gasteiger charge is -2.40. The van der Waals surface area contributed by atoms with Gasteiger partial charge in [0.05, 0.1) is 5.41 Å². The molecule has 0 saturated heterocycles. The normalized spacial score (nSPS) is 23.5. The van der Waals surface area contributed by atoms with Gasteiger partial charge >= 0.3 is 0 Å². The van der Waals surface area contributed by atoms with Gasteiger partial charge in [-0.3, -0.25) is 0 Å². The van der Waals surface area contributed by atoms with Crippen LogP contribution in [0.2, 0.25) is 0 Å². The molecule has 0 nitrogen and oxygen atoms in total. The van der Waals surface area contributed by atoms with Crippen LogP contribution in [0, 0.1) is 6.92 Å². The molecule has 2 atom stereocenters. The smallest absolute Gasteiger partial charge is 0.0673 e. The van der Waals surface area contributed by atoms with Gasteiger partial charge in [0, 0.05) is 5.41 Å².